The molecule has 30 heavy (non-hydrogen) atoms. The minimum atomic E-state index is -2.33. The Morgan fingerprint density at radius 3 is 2.17 bits per heavy atom. The smallest absolute Gasteiger partial charge is 0.407 e. The number of aliphatic hydroxyl groups is 1. The van der Waals surface area contributed by atoms with Crippen LogP contribution in [0.1, 0.15) is 65.4 Å². The fourth-order valence-corrected chi connectivity index (χ4v) is 3.20. The topological polar surface area (TPSA) is 114 Å². The highest BCUT2D eigenvalue weighted by atomic mass is 16.7. The Morgan fingerprint density at radius 2 is 1.73 bits per heavy atom. The van der Waals surface area contributed by atoms with Gasteiger partial charge in [-0.3, -0.25) is 0 Å². The fraction of sp³-hybridized carbons (Fsp3) is 0.636. The largest absolute Gasteiger partial charge is 0.479 e. The van der Waals surface area contributed by atoms with Crippen molar-refractivity contribution in [3.8, 4) is 0 Å². The third-order valence-corrected chi connectivity index (χ3v) is 4.80. The number of carbonyl (C=O) groups excluding carboxylic acids is 1. The lowest BCUT2D eigenvalue weighted by Gasteiger charge is -2.35. The summed E-state index contributed by atoms with van der Waals surface area (Å²) in [7, 11) is 0. The lowest BCUT2D eigenvalue weighted by Crippen LogP contribution is -2.55. The highest BCUT2D eigenvalue weighted by Gasteiger charge is 2.46. The van der Waals surface area contributed by atoms with Gasteiger partial charge in [-0.1, -0.05) is 45.0 Å². The summed E-state index contributed by atoms with van der Waals surface area (Å²) < 4.78 is 16.7. The Kier molecular flexibility index (Phi) is 7.16. The fourth-order valence-electron chi connectivity index (χ4n) is 3.20. The van der Waals surface area contributed by atoms with Crippen LogP contribution in [-0.2, 0) is 24.6 Å². The normalized spacial score (nSPS) is 20.1. The van der Waals surface area contributed by atoms with E-state index in [0.717, 1.165) is 5.56 Å². The van der Waals surface area contributed by atoms with Crippen molar-refractivity contribution in [2.24, 2.45) is 5.41 Å². The second-order valence-corrected chi connectivity index (χ2v) is 9.42. The van der Waals surface area contributed by atoms with Crippen molar-refractivity contribution in [2.75, 3.05) is 13.2 Å². The molecule has 3 N–H and O–H groups in total. The van der Waals surface area contributed by atoms with Crippen LogP contribution >= 0.6 is 0 Å². The number of carbonyl (C=O) groups is 2. The molecule has 0 aliphatic carbocycles. The lowest BCUT2D eigenvalue weighted by atomic mass is 9.84. The highest BCUT2D eigenvalue weighted by Crippen LogP contribution is 2.33. The molecule has 1 fully saturated rings. The molecule has 2 rings (SSSR count). The number of aliphatic carboxylic acids is 1. The number of carboxylic acids is 1. The molecule has 8 heteroatoms. The van der Waals surface area contributed by atoms with Crippen LogP contribution in [0.15, 0.2) is 24.3 Å². The molecule has 1 aromatic rings. The molecule has 0 aromatic heterocycles. The van der Waals surface area contributed by atoms with Gasteiger partial charge in [-0.05, 0) is 32.8 Å². The minimum absolute atomic E-state index is 0.0678. The first-order valence-corrected chi connectivity index (χ1v) is 10.1. The molecule has 1 saturated heterocycles. The Hall–Kier alpha value is -2.16. The summed E-state index contributed by atoms with van der Waals surface area (Å²) in [6.45, 7) is 11.9. The van der Waals surface area contributed by atoms with Crippen molar-refractivity contribution in [3.63, 3.8) is 0 Å². The standard InChI is InChI=1S/C22H33NO7/c1-7-16(23-19(26)30-20(2,3)4)22(27,18(24)25)15-10-8-14(9-11-15)17-28-12-21(5,6)13-29-17/h8-11,16-17,27H,7,12-13H2,1-6H3,(H,23,26)(H,24,25)/t16?,22-/m1/s1. The van der Waals surface area contributed by atoms with Gasteiger partial charge in [0.05, 0.1) is 19.3 Å². The Morgan fingerprint density at radius 1 is 1.20 bits per heavy atom. The maximum absolute atomic E-state index is 12.2. The van der Waals surface area contributed by atoms with Gasteiger partial charge in [0.15, 0.2) is 6.29 Å². The summed E-state index contributed by atoms with van der Waals surface area (Å²) >= 11 is 0. The zero-order valence-electron chi connectivity index (χ0n) is 18.5. The van der Waals surface area contributed by atoms with E-state index in [-0.39, 0.29) is 17.4 Å². The van der Waals surface area contributed by atoms with Crippen molar-refractivity contribution >= 4 is 12.1 Å². The number of nitrogens with one attached hydrogen (secondary N) is 1. The number of rotatable bonds is 6. The van der Waals surface area contributed by atoms with Crippen LogP contribution in [-0.4, -0.2) is 47.1 Å². The van der Waals surface area contributed by atoms with Crippen LogP contribution in [0.4, 0.5) is 4.79 Å². The summed E-state index contributed by atoms with van der Waals surface area (Å²) in [5.74, 6) is -1.47. The highest BCUT2D eigenvalue weighted by molar-refractivity contribution is 5.81. The van der Waals surface area contributed by atoms with E-state index in [9.17, 15) is 19.8 Å². The van der Waals surface area contributed by atoms with Gasteiger partial charge in [0.1, 0.15) is 5.60 Å². The quantitative estimate of drug-likeness (QED) is 0.643. The lowest BCUT2D eigenvalue weighted by molar-refractivity contribution is -0.226. The third kappa shape index (κ3) is 5.71. The van der Waals surface area contributed by atoms with E-state index in [4.69, 9.17) is 14.2 Å². The van der Waals surface area contributed by atoms with Crippen molar-refractivity contribution < 1.29 is 34.0 Å². The van der Waals surface area contributed by atoms with Gasteiger partial charge in [0.25, 0.3) is 0 Å². The Balaban J connectivity index is 2.23. The average Bonchev–Trinajstić information content (AvgIpc) is 2.64. The van der Waals surface area contributed by atoms with Gasteiger partial charge in [-0.25, -0.2) is 9.59 Å². The van der Waals surface area contributed by atoms with Gasteiger partial charge in [-0.2, -0.15) is 0 Å². The van der Waals surface area contributed by atoms with E-state index in [1.807, 2.05) is 13.8 Å². The van der Waals surface area contributed by atoms with Gasteiger partial charge >= 0.3 is 12.1 Å². The number of amides is 1. The summed E-state index contributed by atoms with van der Waals surface area (Å²) in [5, 5.41) is 23.4. The molecular formula is C22H33NO7. The third-order valence-electron chi connectivity index (χ3n) is 4.80. The molecule has 0 spiro atoms. The molecule has 1 aliphatic heterocycles. The van der Waals surface area contributed by atoms with Crippen LogP contribution in [0.25, 0.3) is 0 Å². The van der Waals surface area contributed by atoms with E-state index in [1.54, 1.807) is 39.8 Å². The molecule has 1 amide bonds. The van der Waals surface area contributed by atoms with E-state index in [2.05, 4.69) is 5.32 Å². The van der Waals surface area contributed by atoms with E-state index >= 15 is 0 Å². The van der Waals surface area contributed by atoms with Gasteiger partial charge < -0.3 is 29.7 Å². The van der Waals surface area contributed by atoms with Crippen LogP contribution < -0.4 is 5.32 Å². The summed E-state index contributed by atoms with van der Waals surface area (Å²) in [6, 6.07) is 5.24. The monoisotopic (exact) mass is 423 g/mol. The number of carboxylic acid groups (broad SMARTS) is 1. The molecule has 1 unspecified atom stereocenters. The predicted molar refractivity (Wildman–Crippen MR) is 110 cm³/mol. The van der Waals surface area contributed by atoms with Crippen LogP contribution in [0.3, 0.4) is 0 Å². The number of benzene rings is 1. The number of alkyl carbamates (subject to hydrolysis) is 1. The molecule has 0 radical (unpaired) electrons. The number of ether oxygens (including phenoxy) is 3. The molecule has 0 saturated carbocycles. The second kappa shape index (κ2) is 8.91. The number of hydrogen-bond donors (Lipinski definition) is 3. The zero-order chi connectivity index (χ0) is 22.7. The van der Waals surface area contributed by atoms with E-state index < -0.39 is 35.6 Å². The van der Waals surface area contributed by atoms with Gasteiger partial charge in [-0.15, -0.1) is 0 Å². The molecule has 8 nitrogen and oxygen atoms in total. The Bertz CT molecular complexity index is 744. The SMILES string of the molecule is CCC(NC(=O)OC(C)(C)C)[C@@](O)(C(=O)O)c1ccc(C2OCC(C)(C)CO2)cc1. The first kappa shape index (κ1) is 24.1. The molecule has 168 valence electrons. The minimum Gasteiger partial charge on any atom is -0.479 e. The van der Waals surface area contributed by atoms with Gasteiger partial charge in [0.2, 0.25) is 5.60 Å². The first-order valence-electron chi connectivity index (χ1n) is 10.1. The van der Waals surface area contributed by atoms with Crippen molar-refractivity contribution in [1.29, 1.82) is 0 Å². The van der Waals surface area contributed by atoms with Crippen molar-refractivity contribution in [3.05, 3.63) is 35.4 Å². The van der Waals surface area contributed by atoms with Crippen molar-refractivity contribution in [1.82, 2.24) is 5.32 Å². The maximum atomic E-state index is 12.2. The summed E-state index contributed by atoms with van der Waals surface area (Å²) in [6.07, 6.45) is -1.17. The molecular weight excluding hydrogens is 390 g/mol. The second-order valence-electron chi connectivity index (χ2n) is 9.42. The number of hydrogen-bond acceptors (Lipinski definition) is 6. The van der Waals surface area contributed by atoms with Crippen LogP contribution in [0, 0.1) is 5.41 Å². The van der Waals surface area contributed by atoms with E-state index in [0.29, 0.717) is 13.2 Å². The Labute approximate surface area is 177 Å². The average molecular weight is 424 g/mol. The van der Waals surface area contributed by atoms with Gasteiger partial charge in [0, 0.05) is 11.0 Å². The molecule has 0 bridgehead atoms. The molecule has 1 aromatic carbocycles. The molecule has 2 atom stereocenters. The maximum Gasteiger partial charge on any atom is 0.407 e. The van der Waals surface area contributed by atoms with Crippen molar-refractivity contribution in [2.45, 2.75) is 71.5 Å². The first-order chi connectivity index (χ1) is 13.8. The van der Waals surface area contributed by atoms with Crippen LogP contribution in [0.5, 0.6) is 0 Å². The van der Waals surface area contributed by atoms with E-state index in [1.165, 1.54) is 12.1 Å². The predicted octanol–water partition coefficient (Wildman–Crippen LogP) is 3.33. The summed E-state index contributed by atoms with van der Waals surface area (Å²) in [4.78, 5) is 24.2. The molecule has 1 aliphatic rings. The molecule has 1 heterocycles. The van der Waals surface area contributed by atoms with Crippen LogP contribution in [0.2, 0.25) is 0 Å². The zero-order valence-corrected chi connectivity index (χ0v) is 18.5. The summed E-state index contributed by atoms with van der Waals surface area (Å²) in [5.41, 5.74) is -2.30.